The van der Waals surface area contributed by atoms with Gasteiger partial charge in [-0.3, -0.25) is 4.79 Å². The zero-order valence-corrected chi connectivity index (χ0v) is 12.3. The topological polar surface area (TPSA) is 38.8 Å². The number of hydrogen-bond donors (Lipinski definition) is 0. The maximum Gasteiger partial charge on any atom is 0.222 e. The van der Waals surface area contributed by atoms with E-state index in [9.17, 15) is 4.79 Å². The van der Waals surface area contributed by atoms with E-state index in [0.717, 1.165) is 43.7 Å². The highest BCUT2D eigenvalue weighted by molar-refractivity contribution is 5.76. The second-order valence-corrected chi connectivity index (χ2v) is 5.17. The molecular weight excluding hydrogens is 254 g/mol. The Kier molecular flexibility index (Phi) is 5.41. The average Bonchev–Trinajstić information content (AvgIpc) is 2.53. The zero-order chi connectivity index (χ0) is 14.4. The summed E-state index contributed by atoms with van der Waals surface area (Å²) in [6.07, 6.45) is 3.53. The molecule has 0 N–H and O–H groups in total. The van der Waals surface area contributed by atoms with Gasteiger partial charge in [0.1, 0.15) is 5.75 Å². The highest BCUT2D eigenvalue weighted by atomic mass is 16.5. The van der Waals surface area contributed by atoms with Crippen LogP contribution in [0, 0.1) is 0 Å². The SMILES string of the molecule is COc1cccc(CCC(=O)N2CCC(OC)CC2)c1. The van der Waals surface area contributed by atoms with Crippen molar-refractivity contribution in [3.63, 3.8) is 0 Å². The molecule has 4 nitrogen and oxygen atoms in total. The van der Waals surface area contributed by atoms with E-state index in [2.05, 4.69) is 0 Å². The van der Waals surface area contributed by atoms with Crippen LogP contribution in [0.5, 0.6) is 5.75 Å². The van der Waals surface area contributed by atoms with Crippen molar-refractivity contribution in [1.82, 2.24) is 4.90 Å². The monoisotopic (exact) mass is 277 g/mol. The molecule has 0 saturated carbocycles. The number of carbonyl (C=O) groups is 1. The lowest BCUT2D eigenvalue weighted by Gasteiger charge is -2.31. The van der Waals surface area contributed by atoms with Gasteiger partial charge in [-0.1, -0.05) is 12.1 Å². The predicted octanol–water partition coefficient (Wildman–Crippen LogP) is 2.27. The lowest BCUT2D eigenvalue weighted by atomic mass is 10.1. The van der Waals surface area contributed by atoms with E-state index in [-0.39, 0.29) is 5.91 Å². The summed E-state index contributed by atoms with van der Waals surface area (Å²) >= 11 is 0. The molecule has 20 heavy (non-hydrogen) atoms. The van der Waals surface area contributed by atoms with Gasteiger partial charge in [-0.25, -0.2) is 0 Å². The van der Waals surface area contributed by atoms with Gasteiger partial charge < -0.3 is 14.4 Å². The largest absolute Gasteiger partial charge is 0.497 e. The lowest BCUT2D eigenvalue weighted by molar-refractivity contribution is -0.133. The summed E-state index contributed by atoms with van der Waals surface area (Å²) in [5.74, 6) is 1.08. The van der Waals surface area contributed by atoms with Gasteiger partial charge >= 0.3 is 0 Å². The molecule has 1 heterocycles. The Morgan fingerprint density at radius 3 is 2.70 bits per heavy atom. The van der Waals surface area contributed by atoms with Gasteiger partial charge in [-0.15, -0.1) is 0 Å². The third-order valence-electron chi connectivity index (χ3n) is 3.89. The number of ether oxygens (including phenoxy) is 2. The van der Waals surface area contributed by atoms with E-state index < -0.39 is 0 Å². The van der Waals surface area contributed by atoms with Gasteiger partial charge in [0.2, 0.25) is 5.91 Å². The summed E-state index contributed by atoms with van der Waals surface area (Å²) < 4.78 is 10.5. The van der Waals surface area contributed by atoms with Gasteiger partial charge in [0.15, 0.2) is 0 Å². The van der Waals surface area contributed by atoms with Crippen molar-refractivity contribution in [3.05, 3.63) is 29.8 Å². The third-order valence-corrected chi connectivity index (χ3v) is 3.89. The standard InChI is InChI=1S/C16H23NO3/c1-19-14-8-10-17(11-9-14)16(18)7-6-13-4-3-5-15(12-13)20-2/h3-5,12,14H,6-11H2,1-2H3. The van der Waals surface area contributed by atoms with Crippen molar-refractivity contribution in [2.24, 2.45) is 0 Å². The van der Waals surface area contributed by atoms with Crippen LogP contribution in [0.2, 0.25) is 0 Å². The summed E-state index contributed by atoms with van der Waals surface area (Å²) in [6.45, 7) is 1.63. The fourth-order valence-electron chi connectivity index (χ4n) is 2.58. The summed E-state index contributed by atoms with van der Waals surface area (Å²) in [6, 6.07) is 7.90. The van der Waals surface area contributed by atoms with Crippen molar-refractivity contribution < 1.29 is 14.3 Å². The van der Waals surface area contributed by atoms with Crippen molar-refractivity contribution >= 4 is 5.91 Å². The number of methoxy groups -OCH3 is 2. The van der Waals surface area contributed by atoms with Gasteiger partial charge in [0.25, 0.3) is 0 Å². The number of hydrogen-bond acceptors (Lipinski definition) is 3. The number of aryl methyl sites for hydroxylation is 1. The van der Waals surface area contributed by atoms with E-state index in [0.29, 0.717) is 12.5 Å². The molecule has 0 radical (unpaired) electrons. The summed E-state index contributed by atoms with van der Waals surface area (Å²) in [5, 5.41) is 0. The number of piperidine rings is 1. The second-order valence-electron chi connectivity index (χ2n) is 5.17. The zero-order valence-electron chi connectivity index (χ0n) is 12.3. The Balaban J connectivity index is 1.80. The van der Waals surface area contributed by atoms with Crippen LogP contribution in [0.3, 0.4) is 0 Å². The third kappa shape index (κ3) is 3.97. The minimum absolute atomic E-state index is 0.238. The lowest BCUT2D eigenvalue weighted by Crippen LogP contribution is -2.40. The molecule has 0 unspecified atom stereocenters. The molecule has 0 atom stereocenters. The Morgan fingerprint density at radius 1 is 1.30 bits per heavy atom. The first kappa shape index (κ1) is 14.9. The Hall–Kier alpha value is -1.55. The molecule has 0 bridgehead atoms. The molecule has 1 aliphatic heterocycles. The first-order valence-corrected chi connectivity index (χ1v) is 7.16. The van der Waals surface area contributed by atoms with Gasteiger partial charge in [-0.05, 0) is 37.0 Å². The number of carbonyl (C=O) groups excluding carboxylic acids is 1. The van der Waals surface area contributed by atoms with E-state index in [1.165, 1.54) is 0 Å². The van der Waals surface area contributed by atoms with Gasteiger partial charge in [0.05, 0.1) is 13.2 Å². The Morgan fingerprint density at radius 2 is 2.05 bits per heavy atom. The van der Waals surface area contributed by atoms with Crippen molar-refractivity contribution in [2.75, 3.05) is 27.3 Å². The molecule has 0 aromatic heterocycles. The van der Waals surface area contributed by atoms with Crippen LogP contribution in [0.4, 0.5) is 0 Å². The van der Waals surface area contributed by atoms with Crippen molar-refractivity contribution in [3.8, 4) is 5.75 Å². The maximum absolute atomic E-state index is 12.2. The first-order chi connectivity index (χ1) is 9.72. The van der Waals surface area contributed by atoms with Gasteiger partial charge in [0, 0.05) is 26.6 Å². The minimum atomic E-state index is 0.238. The van der Waals surface area contributed by atoms with E-state index >= 15 is 0 Å². The summed E-state index contributed by atoms with van der Waals surface area (Å²) in [4.78, 5) is 14.1. The van der Waals surface area contributed by atoms with Crippen LogP contribution >= 0.6 is 0 Å². The summed E-state index contributed by atoms with van der Waals surface area (Å²) in [5.41, 5.74) is 1.14. The fraction of sp³-hybridized carbons (Fsp3) is 0.562. The number of benzene rings is 1. The second kappa shape index (κ2) is 7.29. The molecule has 1 amide bonds. The molecular formula is C16H23NO3. The molecule has 0 aliphatic carbocycles. The van der Waals surface area contributed by atoms with Crippen LogP contribution in [0.25, 0.3) is 0 Å². The molecule has 2 rings (SSSR count). The fourth-order valence-corrected chi connectivity index (χ4v) is 2.58. The van der Waals surface area contributed by atoms with Crippen molar-refractivity contribution in [1.29, 1.82) is 0 Å². The van der Waals surface area contributed by atoms with Gasteiger partial charge in [-0.2, -0.15) is 0 Å². The average molecular weight is 277 g/mol. The minimum Gasteiger partial charge on any atom is -0.497 e. The molecule has 1 aliphatic rings. The molecule has 4 heteroatoms. The van der Waals surface area contributed by atoms with E-state index in [4.69, 9.17) is 9.47 Å². The quantitative estimate of drug-likeness (QED) is 0.828. The molecule has 1 aromatic carbocycles. The normalized spacial score (nSPS) is 16.2. The van der Waals surface area contributed by atoms with Crippen LogP contribution in [0.1, 0.15) is 24.8 Å². The number of rotatable bonds is 5. The summed E-state index contributed by atoms with van der Waals surface area (Å²) in [7, 11) is 3.40. The molecule has 110 valence electrons. The Bertz CT molecular complexity index is 439. The van der Waals surface area contributed by atoms with Crippen LogP contribution < -0.4 is 4.74 Å². The number of likely N-dealkylation sites (tertiary alicyclic amines) is 1. The van der Waals surface area contributed by atoms with Crippen molar-refractivity contribution in [2.45, 2.75) is 31.8 Å². The first-order valence-electron chi connectivity index (χ1n) is 7.16. The highest BCUT2D eigenvalue weighted by Gasteiger charge is 2.22. The number of amides is 1. The number of nitrogens with zero attached hydrogens (tertiary/aromatic N) is 1. The van der Waals surface area contributed by atoms with Crippen LogP contribution in [-0.4, -0.2) is 44.2 Å². The van der Waals surface area contributed by atoms with E-state index in [1.54, 1.807) is 14.2 Å². The molecule has 1 aromatic rings. The van der Waals surface area contributed by atoms with Crippen LogP contribution in [0.15, 0.2) is 24.3 Å². The van der Waals surface area contributed by atoms with E-state index in [1.807, 2.05) is 29.2 Å². The smallest absolute Gasteiger partial charge is 0.222 e. The highest BCUT2D eigenvalue weighted by Crippen LogP contribution is 2.16. The molecule has 1 fully saturated rings. The van der Waals surface area contributed by atoms with Crippen LogP contribution in [-0.2, 0) is 16.0 Å². The predicted molar refractivity (Wildman–Crippen MR) is 77.9 cm³/mol. The molecule has 1 saturated heterocycles. The maximum atomic E-state index is 12.2. The Labute approximate surface area is 120 Å². The molecule has 0 spiro atoms.